The summed E-state index contributed by atoms with van der Waals surface area (Å²) in [6.07, 6.45) is 8.84. The van der Waals surface area contributed by atoms with E-state index in [0.717, 1.165) is 31.2 Å². The Morgan fingerprint density at radius 3 is 2.48 bits per heavy atom. The van der Waals surface area contributed by atoms with Crippen molar-refractivity contribution in [2.24, 2.45) is 28.6 Å². The second kappa shape index (κ2) is 11.4. The number of ether oxygens (including phenoxy) is 2. The van der Waals surface area contributed by atoms with Crippen LogP contribution in [0.1, 0.15) is 88.1 Å². The molecule has 8 nitrogen and oxygen atoms in total. The fraction of sp³-hybridized carbons (Fsp3) is 0.583. The number of hydrogen-bond donors (Lipinski definition) is 3. The number of nitrogens with zero attached hydrogens (tertiary/aromatic N) is 1. The Kier molecular flexibility index (Phi) is 8.00. The third-order valence-electron chi connectivity index (χ3n) is 12.4. The van der Waals surface area contributed by atoms with Crippen LogP contribution in [-0.2, 0) is 14.3 Å². The van der Waals surface area contributed by atoms with E-state index in [4.69, 9.17) is 9.47 Å². The average molecular weight is 604 g/mol. The highest BCUT2D eigenvalue weighted by molar-refractivity contribution is 5.89. The van der Waals surface area contributed by atoms with Crippen LogP contribution >= 0.6 is 0 Å². The van der Waals surface area contributed by atoms with Crippen LogP contribution < -0.4 is 0 Å². The molecular weight excluding hydrogens is 558 g/mol. The number of fused-ring (bicyclic) bond motifs is 5. The predicted octanol–water partition coefficient (Wildman–Crippen LogP) is 5.11. The molecule has 4 saturated carbocycles. The molecular formula is C36H45NO7. The molecule has 0 bridgehead atoms. The number of rotatable bonds is 6. The molecule has 236 valence electrons. The van der Waals surface area contributed by atoms with Gasteiger partial charge in [0.15, 0.2) is 0 Å². The summed E-state index contributed by atoms with van der Waals surface area (Å²) in [4.78, 5) is 30.5. The molecule has 0 unspecified atom stereocenters. The molecule has 8 heteroatoms. The molecule has 4 fully saturated rings. The molecule has 1 aromatic heterocycles. The van der Waals surface area contributed by atoms with Crippen LogP contribution in [0.4, 0.5) is 0 Å². The van der Waals surface area contributed by atoms with Crippen LogP contribution in [-0.4, -0.2) is 61.8 Å². The Labute approximate surface area is 259 Å². The van der Waals surface area contributed by atoms with Crippen LogP contribution in [0.3, 0.4) is 0 Å². The molecule has 0 radical (unpaired) electrons. The molecule has 1 heterocycles. The minimum atomic E-state index is -1.67. The van der Waals surface area contributed by atoms with Crippen molar-refractivity contribution in [1.29, 1.82) is 0 Å². The van der Waals surface area contributed by atoms with Crippen molar-refractivity contribution >= 4 is 18.0 Å². The first-order valence-electron chi connectivity index (χ1n) is 16.1. The van der Waals surface area contributed by atoms with E-state index in [1.807, 2.05) is 37.3 Å². The van der Waals surface area contributed by atoms with Gasteiger partial charge in [0.2, 0.25) is 0 Å². The summed E-state index contributed by atoms with van der Waals surface area (Å²) in [6.45, 7) is 5.76. The van der Waals surface area contributed by atoms with Gasteiger partial charge in [0.05, 0.1) is 22.7 Å². The van der Waals surface area contributed by atoms with E-state index < -0.39 is 40.8 Å². The van der Waals surface area contributed by atoms with Gasteiger partial charge in [0.25, 0.3) is 0 Å². The number of benzene rings is 1. The van der Waals surface area contributed by atoms with Crippen LogP contribution in [0.25, 0.3) is 6.08 Å². The van der Waals surface area contributed by atoms with Gasteiger partial charge in [-0.25, -0.2) is 9.59 Å². The third kappa shape index (κ3) is 4.81. The molecule has 0 amide bonds. The van der Waals surface area contributed by atoms with E-state index in [9.17, 15) is 24.9 Å². The third-order valence-corrected chi connectivity index (χ3v) is 12.4. The lowest BCUT2D eigenvalue weighted by atomic mass is 9.42. The molecule has 1 aromatic carbocycles. The normalized spacial score (nSPS) is 40.4. The predicted molar refractivity (Wildman–Crippen MR) is 164 cm³/mol. The SMILES string of the molecule is C[C@H](OC(=O)c1cccnc1)[C@]1(O)CC[C@]2(O)[C@H]3CC[C@H]4C[C@@H](O)CC[C@]4(C)[C@H]3C[C@@H](OC(=O)C=Cc3ccccc3)[C@]12C. The number of esters is 2. The van der Waals surface area contributed by atoms with Gasteiger partial charge >= 0.3 is 11.9 Å². The van der Waals surface area contributed by atoms with E-state index in [1.54, 1.807) is 31.3 Å². The maximum atomic E-state index is 13.4. The maximum absolute atomic E-state index is 13.4. The zero-order valence-corrected chi connectivity index (χ0v) is 25.9. The number of aliphatic hydroxyl groups excluding tert-OH is 1. The summed E-state index contributed by atoms with van der Waals surface area (Å²) < 4.78 is 12.2. The number of aliphatic hydroxyl groups is 3. The monoisotopic (exact) mass is 603 g/mol. The number of aromatic nitrogens is 1. The van der Waals surface area contributed by atoms with Gasteiger partial charge in [-0.05, 0) is 105 Å². The molecule has 0 spiro atoms. The number of carbonyl (C=O) groups is 2. The van der Waals surface area contributed by atoms with E-state index in [-0.39, 0.29) is 35.3 Å². The Hall–Kier alpha value is -3.07. The largest absolute Gasteiger partial charge is 0.458 e. The standard InChI is InChI=1S/C36H45NO7/c1-23(43-32(40)25-10-7-19-37-22-25)35(41)17-18-36(42)28-13-12-26-20-27(38)15-16-33(26,2)29(28)21-30(34(35,36)3)44-31(39)14-11-24-8-5-4-6-9-24/h4-11,14,19,22-23,26-30,38,41-42H,12-13,15-18,20-21H2,1-3H3/t23-,26-,27-,28-,29-,30+,33-,34+,35+,36-/m0/s1. The molecule has 2 aromatic rings. The Balaban J connectivity index is 1.36. The average Bonchev–Trinajstić information content (AvgIpc) is 3.25. The van der Waals surface area contributed by atoms with Gasteiger partial charge in [-0.1, -0.05) is 44.2 Å². The molecule has 10 atom stereocenters. The van der Waals surface area contributed by atoms with Crippen LogP contribution in [0, 0.1) is 28.6 Å². The topological polar surface area (TPSA) is 126 Å². The van der Waals surface area contributed by atoms with Crippen molar-refractivity contribution in [2.45, 2.75) is 102 Å². The second-order valence-electron chi connectivity index (χ2n) is 14.2. The van der Waals surface area contributed by atoms with Gasteiger partial charge in [-0.15, -0.1) is 0 Å². The lowest BCUT2D eigenvalue weighted by molar-refractivity contribution is -0.288. The number of hydrogen-bond acceptors (Lipinski definition) is 8. The molecule has 3 N–H and O–H groups in total. The summed E-state index contributed by atoms with van der Waals surface area (Å²) in [5.74, 6) is -0.937. The molecule has 6 rings (SSSR count). The minimum Gasteiger partial charge on any atom is -0.458 e. The highest BCUT2D eigenvalue weighted by Crippen LogP contribution is 2.71. The molecule has 0 aliphatic heterocycles. The first kappa shape index (κ1) is 30.9. The molecule has 4 aliphatic rings. The minimum absolute atomic E-state index is 0.0401. The fourth-order valence-corrected chi connectivity index (χ4v) is 9.76. The number of carbonyl (C=O) groups excluding carboxylic acids is 2. The highest BCUT2D eigenvalue weighted by Gasteiger charge is 2.77. The molecule has 0 saturated heterocycles. The zero-order valence-electron chi connectivity index (χ0n) is 25.9. The van der Waals surface area contributed by atoms with E-state index >= 15 is 0 Å². The smallest absolute Gasteiger partial charge is 0.340 e. The van der Waals surface area contributed by atoms with Gasteiger partial charge < -0.3 is 24.8 Å². The zero-order chi connectivity index (χ0) is 31.3. The van der Waals surface area contributed by atoms with Crippen LogP contribution in [0.2, 0.25) is 0 Å². The fourth-order valence-electron chi connectivity index (χ4n) is 9.76. The summed E-state index contributed by atoms with van der Waals surface area (Å²) in [6, 6.07) is 12.7. The second-order valence-corrected chi connectivity index (χ2v) is 14.2. The molecule has 4 aliphatic carbocycles. The van der Waals surface area contributed by atoms with Crippen molar-refractivity contribution in [3.8, 4) is 0 Å². The van der Waals surface area contributed by atoms with E-state index in [2.05, 4.69) is 11.9 Å². The first-order chi connectivity index (χ1) is 20.9. The Morgan fingerprint density at radius 2 is 1.75 bits per heavy atom. The summed E-state index contributed by atoms with van der Waals surface area (Å²) in [7, 11) is 0. The molecule has 44 heavy (non-hydrogen) atoms. The van der Waals surface area contributed by atoms with Crippen molar-refractivity contribution in [3.05, 3.63) is 72.1 Å². The van der Waals surface area contributed by atoms with Gasteiger partial charge in [0.1, 0.15) is 17.8 Å². The van der Waals surface area contributed by atoms with Crippen LogP contribution in [0.5, 0.6) is 0 Å². The lowest BCUT2D eigenvalue weighted by Crippen LogP contribution is -2.72. The Morgan fingerprint density at radius 1 is 0.977 bits per heavy atom. The van der Waals surface area contributed by atoms with Crippen LogP contribution in [0.15, 0.2) is 60.9 Å². The van der Waals surface area contributed by atoms with Gasteiger partial charge in [-0.3, -0.25) is 4.98 Å². The summed E-state index contributed by atoms with van der Waals surface area (Å²) >= 11 is 0. The quantitative estimate of drug-likeness (QED) is 0.307. The van der Waals surface area contributed by atoms with Crippen molar-refractivity contribution in [2.75, 3.05) is 0 Å². The van der Waals surface area contributed by atoms with Crippen molar-refractivity contribution in [3.63, 3.8) is 0 Å². The van der Waals surface area contributed by atoms with E-state index in [0.29, 0.717) is 25.2 Å². The van der Waals surface area contributed by atoms with Gasteiger partial charge in [0, 0.05) is 18.5 Å². The lowest BCUT2D eigenvalue weighted by Gasteiger charge is -2.66. The van der Waals surface area contributed by atoms with E-state index in [1.165, 1.54) is 12.3 Å². The maximum Gasteiger partial charge on any atom is 0.340 e. The summed E-state index contributed by atoms with van der Waals surface area (Å²) in [5, 5.41) is 36.0. The van der Waals surface area contributed by atoms with Gasteiger partial charge in [-0.2, -0.15) is 0 Å². The Bertz CT molecular complexity index is 1400. The first-order valence-corrected chi connectivity index (χ1v) is 16.1. The van der Waals surface area contributed by atoms with Crippen molar-refractivity contribution in [1.82, 2.24) is 4.98 Å². The van der Waals surface area contributed by atoms with Crippen molar-refractivity contribution < 1.29 is 34.4 Å². The summed E-state index contributed by atoms with van der Waals surface area (Å²) in [5.41, 5.74) is -3.36. The highest BCUT2D eigenvalue weighted by atomic mass is 16.6. The number of pyridine rings is 1.